The number of phosphoric acid groups is 1. The van der Waals surface area contributed by atoms with Gasteiger partial charge in [-0.2, -0.15) is 0 Å². The molecular weight excluding hydrogens is 619 g/mol. The zero-order valence-electron chi connectivity index (χ0n) is 13.9. The minimum Gasteiger partial charge on any atom is -0.394 e. The summed E-state index contributed by atoms with van der Waals surface area (Å²) >= 11 is 13.6. The van der Waals surface area contributed by atoms with Gasteiger partial charge in [0.1, 0.15) is 11.5 Å². The standard InChI is InChI=1S/C17H17Br4O4P/c1-2-3-4-9-23-26(22,24-16-7-5-12(18)10-14(16)20)25-17-8-6-13(19)11-15(17)21/h5-8,10-11H,2-4,9H2,1H3. The van der Waals surface area contributed by atoms with Crippen LogP contribution in [0.2, 0.25) is 0 Å². The maximum absolute atomic E-state index is 13.3. The Hall–Kier alpha value is 0.150. The average Bonchev–Trinajstić information content (AvgIpc) is 2.57. The number of halogens is 4. The molecule has 0 saturated heterocycles. The highest BCUT2D eigenvalue weighted by Crippen LogP contribution is 2.52. The second-order valence-electron chi connectivity index (χ2n) is 5.32. The van der Waals surface area contributed by atoms with Crippen LogP contribution in [0.15, 0.2) is 54.3 Å². The lowest BCUT2D eigenvalue weighted by Gasteiger charge is -2.20. The van der Waals surface area contributed by atoms with E-state index in [1.165, 1.54) is 0 Å². The maximum atomic E-state index is 13.3. The van der Waals surface area contributed by atoms with Crippen molar-refractivity contribution in [2.45, 2.75) is 26.2 Å². The van der Waals surface area contributed by atoms with Gasteiger partial charge in [0.15, 0.2) is 0 Å². The summed E-state index contributed by atoms with van der Waals surface area (Å²) in [7, 11) is -3.88. The van der Waals surface area contributed by atoms with E-state index in [0.29, 0.717) is 20.4 Å². The third kappa shape index (κ3) is 6.95. The number of hydrogen-bond acceptors (Lipinski definition) is 4. The van der Waals surface area contributed by atoms with Gasteiger partial charge in [-0.25, -0.2) is 4.57 Å². The molecule has 0 aliphatic rings. The number of unbranched alkanes of at least 4 members (excludes halogenated alkanes) is 2. The van der Waals surface area contributed by atoms with Crippen LogP contribution >= 0.6 is 71.5 Å². The van der Waals surface area contributed by atoms with Crippen molar-refractivity contribution in [3.8, 4) is 11.5 Å². The molecule has 0 spiro atoms. The van der Waals surface area contributed by atoms with Crippen molar-refractivity contribution >= 4 is 71.5 Å². The van der Waals surface area contributed by atoms with E-state index in [9.17, 15) is 4.57 Å². The predicted octanol–water partition coefficient (Wildman–Crippen LogP) is 8.51. The summed E-state index contributed by atoms with van der Waals surface area (Å²) in [5, 5.41) is 0. The van der Waals surface area contributed by atoms with Gasteiger partial charge in [-0.1, -0.05) is 51.6 Å². The largest absolute Gasteiger partial charge is 0.587 e. The predicted molar refractivity (Wildman–Crippen MR) is 118 cm³/mol. The second-order valence-corrected chi connectivity index (χ2v) is 10.4. The van der Waals surface area contributed by atoms with Crippen molar-refractivity contribution in [1.29, 1.82) is 0 Å². The van der Waals surface area contributed by atoms with Crippen LogP contribution in [0.1, 0.15) is 26.2 Å². The highest BCUT2D eigenvalue weighted by atomic mass is 79.9. The summed E-state index contributed by atoms with van der Waals surface area (Å²) in [6.07, 6.45) is 2.78. The summed E-state index contributed by atoms with van der Waals surface area (Å²) in [5.41, 5.74) is 0. The Kier molecular flexibility index (Phi) is 9.17. The molecule has 0 unspecified atom stereocenters. The Labute approximate surface area is 187 Å². The average molecular weight is 636 g/mol. The second kappa shape index (κ2) is 10.6. The highest BCUT2D eigenvalue weighted by molar-refractivity contribution is 9.11. The molecule has 0 aromatic heterocycles. The lowest BCUT2D eigenvalue weighted by molar-refractivity contribution is 0.205. The van der Waals surface area contributed by atoms with Crippen LogP contribution in [0.3, 0.4) is 0 Å². The van der Waals surface area contributed by atoms with Gasteiger partial charge >= 0.3 is 7.82 Å². The molecule has 0 atom stereocenters. The van der Waals surface area contributed by atoms with E-state index >= 15 is 0 Å². The molecule has 0 amide bonds. The van der Waals surface area contributed by atoms with Gasteiger partial charge < -0.3 is 9.05 Å². The zero-order valence-corrected chi connectivity index (χ0v) is 21.1. The van der Waals surface area contributed by atoms with Gasteiger partial charge in [-0.05, 0) is 74.7 Å². The highest BCUT2D eigenvalue weighted by Gasteiger charge is 2.32. The number of hydrogen-bond donors (Lipinski definition) is 0. The quantitative estimate of drug-likeness (QED) is 0.205. The van der Waals surface area contributed by atoms with E-state index in [1.807, 2.05) is 0 Å². The van der Waals surface area contributed by atoms with Crippen molar-refractivity contribution in [2.75, 3.05) is 6.61 Å². The first-order valence-corrected chi connectivity index (χ1v) is 12.5. The van der Waals surface area contributed by atoms with E-state index in [-0.39, 0.29) is 6.61 Å². The molecule has 0 aliphatic heterocycles. The third-order valence-corrected chi connectivity index (χ3v) is 6.77. The molecule has 0 aliphatic carbocycles. The van der Waals surface area contributed by atoms with Crippen LogP contribution in [-0.4, -0.2) is 6.61 Å². The lowest BCUT2D eigenvalue weighted by Crippen LogP contribution is -2.07. The number of phosphoric ester groups is 1. The summed E-state index contributed by atoms with van der Waals surface area (Å²) < 4.78 is 33.2. The minimum absolute atomic E-state index is 0.285. The van der Waals surface area contributed by atoms with Crippen LogP contribution in [0.5, 0.6) is 11.5 Å². The Morgan fingerprint density at radius 1 is 0.846 bits per heavy atom. The molecule has 2 rings (SSSR count). The van der Waals surface area contributed by atoms with Crippen molar-refractivity contribution in [2.24, 2.45) is 0 Å². The van der Waals surface area contributed by atoms with Crippen molar-refractivity contribution in [1.82, 2.24) is 0 Å². The molecule has 2 aromatic rings. The van der Waals surface area contributed by atoms with Crippen LogP contribution in [0.25, 0.3) is 0 Å². The zero-order chi connectivity index (χ0) is 19.2. The summed E-state index contributed by atoms with van der Waals surface area (Å²) in [5.74, 6) is 0.750. The molecule has 0 bridgehead atoms. The molecular formula is C17H17Br4O4P. The maximum Gasteiger partial charge on any atom is 0.587 e. The molecule has 0 saturated carbocycles. The van der Waals surface area contributed by atoms with Crippen LogP contribution in [0, 0.1) is 0 Å². The molecule has 0 N–H and O–H groups in total. The third-order valence-electron chi connectivity index (χ3n) is 3.21. The smallest absolute Gasteiger partial charge is 0.394 e. The summed E-state index contributed by atoms with van der Waals surface area (Å²) in [6, 6.07) is 10.6. The monoisotopic (exact) mass is 632 g/mol. The summed E-state index contributed by atoms with van der Waals surface area (Å²) in [6.45, 7) is 2.37. The first kappa shape index (κ1) is 22.4. The van der Waals surface area contributed by atoms with Gasteiger partial charge in [0.2, 0.25) is 0 Å². The minimum atomic E-state index is -3.88. The van der Waals surface area contributed by atoms with Gasteiger partial charge in [-0.3, -0.25) is 4.52 Å². The Morgan fingerprint density at radius 2 is 1.35 bits per heavy atom. The SMILES string of the molecule is CCCCCOP(=O)(Oc1ccc(Br)cc1Br)Oc1ccc(Br)cc1Br. The molecule has 2 aromatic carbocycles. The Bertz CT molecular complexity index is 743. The molecule has 0 heterocycles. The molecule has 0 radical (unpaired) electrons. The fourth-order valence-electron chi connectivity index (χ4n) is 1.94. The lowest BCUT2D eigenvalue weighted by atomic mass is 10.3. The molecule has 4 nitrogen and oxygen atoms in total. The topological polar surface area (TPSA) is 44.8 Å². The Morgan fingerprint density at radius 3 is 1.77 bits per heavy atom. The fraction of sp³-hybridized carbons (Fsp3) is 0.294. The van der Waals surface area contributed by atoms with Crippen molar-refractivity contribution in [3.63, 3.8) is 0 Å². The Balaban J connectivity index is 2.24. The molecule has 9 heteroatoms. The number of rotatable bonds is 9. The first-order chi connectivity index (χ1) is 12.3. The molecule has 142 valence electrons. The van der Waals surface area contributed by atoms with Gasteiger partial charge in [0, 0.05) is 8.95 Å². The van der Waals surface area contributed by atoms with Crippen molar-refractivity contribution in [3.05, 3.63) is 54.3 Å². The van der Waals surface area contributed by atoms with Crippen molar-refractivity contribution < 1.29 is 18.1 Å². The van der Waals surface area contributed by atoms with Crippen LogP contribution in [-0.2, 0) is 9.09 Å². The van der Waals surface area contributed by atoms with Gasteiger partial charge in [-0.15, -0.1) is 0 Å². The fourth-order valence-corrected chi connectivity index (χ4v) is 5.74. The first-order valence-electron chi connectivity index (χ1n) is 7.87. The van der Waals surface area contributed by atoms with E-state index in [2.05, 4.69) is 70.6 Å². The van der Waals surface area contributed by atoms with E-state index in [0.717, 1.165) is 28.2 Å². The van der Waals surface area contributed by atoms with Gasteiger partial charge in [0.05, 0.1) is 15.6 Å². The van der Waals surface area contributed by atoms with E-state index < -0.39 is 7.82 Å². The summed E-state index contributed by atoms with van der Waals surface area (Å²) in [4.78, 5) is 0. The van der Waals surface area contributed by atoms with E-state index in [1.54, 1.807) is 36.4 Å². The van der Waals surface area contributed by atoms with Gasteiger partial charge in [0.25, 0.3) is 0 Å². The molecule has 26 heavy (non-hydrogen) atoms. The van der Waals surface area contributed by atoms with E-state index in [4.69, 9.17) is 13.6 Å². The number of benzene rings is 2. The van der Waals surface area contributed by atoms with Crippen LogP contribution in [0.4, 0.5) is 0 Å². The molecule has 0 fully saturated rings. The normalized spacial score (nSPS) is 11.4. The van der Waals surface area contributed by atoms with Crippen LogP contribution < -0.4 is 9.05 Å².